The maximum absolute atomic E-state index is 12.6. The van der Waals surface area contributed by atoms with Gasteiger partial charge in [0.25, 0.3) is 5.91 Å². The molecule has 1 aliphatic rings. The molecule has 122 valence electrons. The van der Waals surface area contributed by atoms with Gasteiger partial charge in [0, 0.05) is 11.6 Å². The number of hydrogen-bond acceptors (Lipinski definition) is 3. The predicted octanol–water partition coefficient (Wildman–Crippen LogP) is 5.27. The molecule has 3 rings (SSSR count). The number of halogens is 1. The molecule has 0 spiro atoms. The Labute approximate surface area is 151 Å². The van der Waals surface area contributed by atoms with E-state index in [0.717, 1.165) is 11.3 Å². The van der Waals surface area contributed by atoms with E-state index in [1.807, 2.05) is 56.3 Å². The van der Waals surface area contributed by atoms with E-state index in [0.29, 0.717) is 21.6 Å². The van der Waals surface area contributed by atoms with E-state index >= 15 is 0 Å². The number of carbonyl (C=O) groups is 1. The number of amidine groups is 1. The Morgan fingerprint density at radius 1 is 1.21 bits per heavy atom. The standard InChI is InChI=1S/C19H17ClN2OS/c1-3-22-18(23)17(11-14-9-7-13(2)8-10-14)24-19(22)21-16-6-4-5-15(20)12-16/h4-12H,3H2,1-2H3/b17-11-,21-19?. The summed E-state index contributed by atoms with van der Waals surface area (Å²) in [5.74, 6) is -0.0103. The first kappa shape index (κ1) is 16.8. The van der Waals surface area contributed by atoms with Gasteiger partial charge in [-0.15, -0.1) is 0 Å². The number of hydrogen-bond donors (Lipinski definition) is 0. The highest BCUT2D eigenvalue weighted by Crippen LogP contribution is 2.34. The summed E-state index contributed by atoms with van der Waals surface area (Å²) in [6.07, 6.45) is 1.91. The zero-order valence-corrected chi connectivity index (χ0v) is 15.1. The van der Waals surface area contributed by atoms with Crippen molar-refractivity contribution in [3.8, 4) is 0 Å². The molecule has 0 atom stereocenters. The Morgan fingerprint density at radius 2 is 1.96 bits per heavy atom. The molecule has 0 aromatic heterocycles. The molecule has 0 saturated carbocycles. The van der Waals surface area contributed by atoms with E-state index in [1.165, 1.54) is 17.3 Å². The molecule has 3 nitrogen and oxygen atoms in total. The van der Waals surface area contributed by atoms with Gasteiger partial charge in [-0.05, 0) is 55.4 Å². The summed E-state index contributed by atoms with van der Waals surface area (Å²) >= 11 is 7.41. The third kappa shape index (κ3) is 3.71. The summed E-state index contributed by atoms with van der Waals surface area (Å²) in [5.41, 5.74) is 2.95. The van der Waals surface area contributed by atoms with Gasteiger partial charge in [0.05, 0.1) is 10.6 Å². The van der Waals surface area contributed by atoms with Crippen molar-refractivity contribution < 1.29 is 4.79 Å². The second kappa shape index (κ2) is 7.24. The minimum Gasteiger partial charge on any atom is -0.287 e. The van der Waals surface area contributed by atoms with Crippen molar-refractivity contribution in [1.29, 1.82) is 0 Å². The molecular weight excluding hydrogens is 340 g/mol. The minimum atomic E-state index is -0.0103. The third-order valence-corrected chi connectivity index (χ3v) is 4.85. The fourth-order valence-corrected chi connectivity index (χ4v) is 3.59. The summed E-state index contributed by atoms with van der Waals surface area (Å²) in [6, 6.07) is 15.4. The molecule has 24 heavy (non-hydrogen) atoms. The van der Waals surface area contributed by atoms with E-state index in [4.69, 9.17) is 11.6 Å². The third-order valence-electron chi connectivity index (χ3n) is 3.61. The van der Waals surface area contributed by atoms with Crippen LogP contribution in [0.1, 0.15) is 18.1 Å². The minimum absolute atomic E-state index is 0.0103. The molecule has 2 aromatic carbocycles. The van der Waals surface area contributed by atoms with Crippen molar-refractivity contribution in [2.45, 2.75) is 13.8 Å². The normalized spacial score (nSPS) is 18.0. The van der Waals surface area contributed by atoms with Crippen LogP contribution in [0.5, 0.6) is 0 Å². The van der Waals surface area contributed by atoms with Gasteiger partial charge < -0.3 is 0 Å². The average molecular weight is 357 g/mol. The highest BCUT2D eigenvalue weighted by Gasteiger charge is 2.32. The smallest absolute Gasteiger partial charge is 0.266 e. The molecule has 1 fully saturated rings. The molecule has 1 heterocycles. The first-order chi connectivity index (χ1) is 11.6. The summed E-state index contributed by atoms with van der Waals surface area (Å²) in [6.45, 7) is 4.57. The van der Waals surface area contributed by atoms with Crippen molar-refractivity contribution >= 4 is 46.2 Å². The maximum Gasteiger partial charge on any atom is 0.266 e. The Morgan fingerprint density at radius 3 is 2.62 bits per heavy atom. The van der Waals surface area contributed by atoms with Crippen LogP contribution in [0.3, 0.4) is 0 Å². The van der Waals surface area contributed by atoms with Crippen molar-refractivity contribution in [2.24, 2.45) is 4.99 Å². The SMILES string of the molecule is CCN1C(=O)/C(=C/c2ccc(C)cc2)SC1=Nc1cccc(Cl)c1. The van der Waals surface area contributed by atoms with Gasteiger partial charge in [0.2, 0.25) is 0 Å². The molecule has 1 aliphatic heterocycles. The second-order valence-electron chi connectivity index (χ2n) is 5.44. The van der Waals surface area contributed by atoms with Crippen molar-refractivity contribution in [3.05, 3.63) is 69.6 Å². The highest BCUT2D eigenvalue weighted by atomic mass is 35.5. The summed E-state index contributed by atoms with van der Waals surface area (Å²) in [5, 5.41) is 1.31. The molecule has 0 N–H and O–H groups in total. The molecule has 0 bridgehead atoms. The number of benzene rings is 2. The molecule has 0 unspecified atom stereocenters. The predicted molar refractivity (Wildman–Crippen MR) is 103 cm³/mol. The van der Waals surface area contributed by atoms with Crippen molar-refractivity contribution in [1.82, 2.24) is 4.90 Å². The van der Waals surface area contributed by atoms with E-state index in [-0.39, 0.29) is 5.91 Å². The topological polar surface area (TPSA) is 32.7 Å². The van der Waals surface area contributed by atoms with Crippen molar-refractivity contribution in [3.63, 3.8) is 0 Å². The maximum atomic E-state index is 12.6. The fraction of sp³-hybridized carbons (Fsp3) is 0.158. The molecule has 0 aliphatic carbocycles. The molecule has 2 aromatic rings. The van der Waals surface area contributed by atoms with Crippen LogP contribution >= 0.6 is 23.4 Å². The number of aryl methyl sites for hydroxylation is 1. The Hall–Kier alpha value is -2.04. The van der Waals surface area contributed by atoms with Crippen LogP contribution in [-0.4, -0.2) is 22.5 Å². The Balaban J connectivity index is 1.92. The van der Waals surface area contributed by atoms with Gasteiger partial charge in [-0.1, -0.05) is 47.5 Å². The average Bonchev–Trinajstić information content (AvgIpc) is 2.84. The number of nitrogens with zero attached hydrogens (tertiary/aromatic N) is 2. The quantitative estimate of drug-likeness (QED) is 0.701. The highest BCUT2D eigenvalue weighted by molar-refractivity contribution is 8.18. The van der Waals surface area contributed by atoms with E-state index in [9.17, 15) is 4.79 Å². The summed E-state index contributed by atoms with van der Waals surface area (Å²) < 4.78 is 0. The Kier molecular flexibility index (Phi) is 5.07. The van der Waals surface area contributed by atoms with Crippen LogP contribution in [0.4, 0.5) is 5.69 Å². The molecule has 0 radical (unpaired) electrons. The largest absolute Gasteiger partial charge is 0.287 e. The number of thioether (sulfide) groups is 1. The number of aliphatic imine (C=N–C) groups is 1. The van der Waals surface area contributed by atoms with E-state index < -0.39 is 0 Å². The number of carbonyl (C=O) groups excluding carboxylic acids is 1. The number of amides is 1. The van der Waals surface area contributed by atoms with Gasteiger partial charge in [-0.25, -0.2) is 4.99 Å². The van der Waals surface area contributed by atoms with Gasteiger partial charge in [-0.3, -0.25) is 9.69 Å². The van der Waals surface area contributed by atoms with Crippen LogP contribution in [0.25, 0.3) is 6.08 Å². The van der Waals surface area contributed by atoms with Crippen LogP contribution in [0.2, 0.25) is 5.02 Å². The first-order valence-corrected chi connectivity index (χ1v) is 8.88. The lowest BCUT2D eigenvalue weighted by atomic mass is 10.1. The monoisotopic (exact) mass is 356 g/mol. The summed E-state index contributed by atoms with van der Waals surface area (Å²) in [7, 11) is 0. The van der Waals surface area contributed by atoms with E-state index in [1.54, 1.807) is 17.0 Å². The molecular formula is C19H17ClN2OS. The van der Waals surface area contributed by atoms with Crippen molar-refractivity contribution in [2.75, 3.05) is 6.54 Å². The lowest BCUT2D eigenvalue weighted by Crippen LogP contribution is -2.28. The molecule has 1 saturated heterocycles. The van der Waals surface area contributed by atoms with Gasteiger partial charge >= 0.3 is 0 Å². The van der Waals surface area contributed by atoms with Gasteiger partial charge in [-0.2, -0.15) is 0 Å². The zero-order chi connectivity index (χ0) is 17.1. The lowest BCUT2D eigenvalue weighted by molar-refractivity contribution is -0.122. The zero-order valence-electron chi connectivity index (χ0n) is 13.5. The lowest BCUT2D eigenvalue weighted by Gasteiger charge is -2.12. The number of rotatable bonds is 3. The Bertz CT molecular complexity index is 828. The molecule has 5 heteroatoms. The molecule has 1 amide bonds. The van der Waals surface area contributed by atoms with Crippen LogP contribution in [0.15, 0.2) is 58.4 Å². The van der Waals surface area contributed by atoms with Gasteiger partial charge in [0.15, 0.2) is 5.17 Å². The first-order valence-electron chi connectivity index (χ1n) is 7.69. The van der Waals surface area contributed by atoms with Crippen LogP contribution in [-0.2, 0) is 4.79 Å². The number of likely N-dealkylation sites (N-methyl/N-ethyl adjacent to an activating group) is 1. The van der Waals surface area contributed by atoms with E-state index in [2.05, 4.69) is 4.99 Å². The van der Waals surface area contributed by atoms with Crippen LogP contribution in [0, 0.1) is 6.92 Å². The van der Waals surface area contributed by atoms with Gasteiger partial charge in [0.1, 0.15) is 0 Å². The fourth-order valence-electron chi connectivity index (χ4n) is 2.34. The van der Waals surface area contributed by atoms with Crippen LogP contribution < -0.4 is 0 Å². The summed E-state index contributed by atoms with van der Waals surface area (Å²) in [4.78, 5) is 19.6. The second-order valence-corrected chi connectivity index (χ2v) is 6.89.